The van der Waals surface area contributed by atoms with Crippen molar-refractivity contribution in [2.45, 2.75) is 45.8 Å². The zero-order valence-electron chi connectivity index (χ0n) is 13.9. The van der Waals surface area contributed by atoms with Crippen molar-refractivity contribution < 1.29 is 0 Å². The summed E-state index contributed by atoms with van der Waals surface area (Å²) in [7, 11) is -4.71. The van der Waals surface area contributed by atoms with Crippen LogP contribution in [-0.2, 0) is 0 Å². The van der Waals surface area contributed by atoms with Gasteiger partial charge in [0.25, 0.3) is 0 Å². The van der Waals surface area contributed by atoms with Crippen LogP contribution in [0.5, 0.6) is 0 Å². The zero-order chi connectivity index (χ0) is 15.4. The van der Waals surface area contributed by atoms with E-state index in [1.54, 1.807) is 0 Å². The molecule has 0 unspecified atom stereocenters. The summed E-state index contributed by atoms with van der Waals surface area (Å²) in [6.45, 7) is 16.1. The van der Waals surface area contributed by atoms with Crippen LogP contribution in [0, 0.1) is 22.2 Å². The molecule has 0 radical (unpaired) electrons. The minimum atomic E-state index is -2.00. The Kier molecular flexibility index (Phi) is 5.27. The Morgan fingerprint density at radius 3 is 1.35 bits per heavy atom. The SMILES string of the molecule is C[Si](C)(C)C#C[Si](C)(C#C[Si](C)(C)C)c1ccccc1. The molecule has 0 aliphatic heterocycles. The van der Waals surface area contributed by atoms with Crippen molar-refractivity contribution in [2.75, 3.05) is 0 Å². The number of hydrogen-bond acceptors (Lipinski definition) is 0. The van der Waals surface area contributed by atoms with Crippen LogP contribution in [0.2, 0.25) is 45.8 Å². The number of rotatable bonds is 1. The van der Waals surface area contributed by atoms with E-state index in [-0.39, 0.29) is 0 Å². The summed E-state index contributed by atoms with van der Waals surface area (Å²) >= 11 is 0. The maximum Gasteiger partial charge on any atom is 0.241 e. The molecule has 1 aromatic carbocycles. The quantitative estimate of drug-likeness (QED) is 0.546. The van der Waals surface area contributed by atoms with E-state index in [1.807, 2.05) is 0 Å². The van der Waals surface area contributed by atoms with Crippen LogP contribution in [0.3, 0.4) is 0 Å². The summed E-state index contributed by atoms with van der Waals surface area (Å²) in [5, 5.41) is 1.34. The number of hydrogen-bond donors (Lipinski definition) is 0. The summed E-state index contributed by atoms with van der Waals surface area (Å²) in [5.41, 5.74) is 14.4. The minimum absolute atomic E-state index is 1.34. The predicted octanol–water partition coefficient (Wildman–Crippen LogP) is 3.81. The topological polar surface area (TPSA) is 0 Å². The highest BCUT2D eigenvalue weighted by Crippen LogP contribution is 2.06. The van der Waals surface area contributed by atoms with Crippen molar-refractivity contribution in [3.63, 3.8) is 0 Å². The lowest BCUT2D eigenvalue weighted by Crippen LogP contribution is -2.43. The van der Waals surface area contributed by atoms with Gasteiger partial charge in [0.05, 0.1) is 0 Å². The van der Waals surface area contributed by atoms with Gasteiger partial charge < -0.3 is 0 Å². The fourth-order valence-corrected chi connectivity index (χ4v) is 7.78. The van der Waals surface area contributed by atoms with E-state index in [0.717, 1.165) is 0 Å². The van der Waals surface area contributed by atoms with Gasteiger partial charge in [-0.2, -0.15) is 0 Å². The molecule has 0 aliphatic rings. The van der Waals surface area contributed by atoms with Crippen molar-refractivity contribution in [2.24, 2.45) is 0 Å². The number of benzene rings is 1. The van der Waals surface area contributed by atoms with Gasteiger partial charge in [0.15, 0.2) is 0 Å². The van der Waals surface area contributed by atoms with Crippen LogP contribution in [0.1, 0.15) is 0 Å². The van der Waals surface area contributed by atoms with Crippen LogP contribution in [0.4, 0.5) is 0 Å². The van der Waals surface area contributed by atoms with Crippen LogP contribution in [0.25, 0.3) is 0 Å². The molecule has 1 rings (SSSR count). The Morgan fingerprint density at radius 2 is 1.00 bits per heavy atom. The molecule has 0 nitrogen and oxygen atoms in total. The fraction of sp³-hybridized carbons (Fsp3) is 0.412. The molecule has 106 valence electrons. The molecular weight excluding hydrogens is 288 g/mol. The summed E-state index contributed by atoms with van der Waals surface area (Å²) in [6, 6.07) is 10.7. The van der Waals surface area contributed by atoms with Gasteiger partial charge in [-0.25, -0.2) is 0 Å². The van der Waals surface area contributed by atoms with Crippen molar-refractivity contribution in [1.29, 1.82) is 0 Å². The molecule has 0 N–H and O–H groups in total. The molecule has 0 aromatic heterocycles. The van der Waals surface area contributed by atoms with E-state index < -0.39 is 24.2 Å². The van der Waals surface area contributed by atoms with Gasteiger partial charge in [-0.1, -0.05) is 69.6 Å². The first kappa shape index (κ1) is 17.0. The molecule has 0 atom stereocenters. The van der Waals surface area contributed by atoms with Gasteiger partial charge in [0, 0.05) is 0 Å². The van der Waals surface area contributed by atoms with E-state index in [0.29, 0.717) is 0 Å². The largest absolute Gasteiger partial charge is 0.241 e. The minimum Gasteiger partial charge on any atom is -0.137 e. The molecule has 1 aromatic rings. The molecular formula is C17H26Si3. The summed E-state index contributed by atoms with van der Waals surface area (Å²) in [6.07, 6.45) is 0. The van der Waals surface area contributed by atoms with Gasteiger partial charge in [-0.15, -0.1) is 22.2 Å². The van der Waals surface area contributed by atoms with Crippen LogP contribution in [0.15, 0.2) is 30.3 Å². The van der Waals surface area contributed by atoms with Crippen LogP contribution >= 0.6 is 0 Å². The fourth-order valence-electron chi connectivity index (χ4n) is 1.57. The highest BCUT2D eigenvalue weighted by molar-refractivity contribution is 7.05. The second-order valence-electron chi connectivity index (χ2n) is 7.49. The third-order valence-corrected chi connectivity index (χ3v) is 7.71. The van der Waals surface area contributed by atoms with E-state index in [1.165, 1.54) is 5.19 Å². The standard InChI is InChI=1S/C17H26Si3/c1-18(2,3)13-15-20(7,16-14-19(4,5)6)17-11-9-8-10-12-17/h8-12H,1-7H3. The molecule has 0 aliphatic carbocycles. The Balaban J connectivity index is 3.33. The highest BCUT2D eigenvalue weighted by Gasteiger charge is 2.27. The Hall–Kier alpha value is -1.01. The van der Waals surface area contributed by atoms with E-state index in [2.05, 4.69) is 98.3 Å². The van der Waals surface area contributed by atoms with Gasteiger partial charge in [0.2, 0.25) is 8.07 Å². The van der Waals surface area contributed by atoms with Crippen molar-refractivity contribution in [3.05, 3.63) is 30.3 Å². The van der Waals surface area contributed by atoms with Crippen molar-refractivity contribution in [1.82, 2.24) is 0 Å². The molecule has 20 heavy (non-hydrogen) atoms. The Morgan fingerprint density at radius 1 is 0.600 bits per heavy atom. The predicted molar refractivity (Wildman–Crippen MR) is 99.9 cm³/mol. The lowest BCUT2D eigenvalue weighted by molar-refractivity contribution is 1.74. The lowest BCUT2D eigenvalue weighted by atomic mass is 10.4. The van der Waals surface area contributed by atoms with Crippen molar-refractivity contribution >= 4 is 29.4 Å². The van der Waals surface area contributed by atoms with Gasteiger partial charge in [0.1, 0.15) is 16.1 Å². The second kappa shape index (κ2) is 6.18. The second-order valence-corrected chi connectivity index (χ2v) is 20.3. The van der Waals surface area contributed by atoms with Gasteiger partial charge >= 0.3 is 0 Å². The maximum absolute atomic E-state index is 3.62. The third kappa shape index (κ3) is 5.96. The van der Waals surface area contributed by atoms with Crippen LogP contribution in [-0.4, -0.2) is 24.2 Å². The third-order valence-electron chi connectivity index (χ3n) is 2.73. The van der Waals surface area contributed by atoms with Crippen molar-refractivity contribution in [3.8, 4) is 22.2 Å². The Bertz CT molecular complexity index is 534. The first-order valence-electron chi connectivity index (χ1n) is 7.16. The van der Waals surface area contributed by atoms with Gasteiger partial charge in [-0.3, -0.25) is 0 Å². The van der Waals surface area contributed by atoms with E-state index in [9.17, 15) is 0 Å². The first-order chi connectivity index (χ1) is 9.02. The smallest absolute Gasteiger partial charge is 0.137 e. The molecule has 0 spiro atoms. The highest BCUT2D eigenvalue weighted by atomic mass is 28.3. The molecule has 0 bridgehead atoms. The molecule has 0 saturated heterocycles. The normalized spacial score (nSPS) is 11.9. The molecule has 0 heterocycles. The average Bonchev–Trinajstić information content (AvgIpc) is 2.33. The molecule has 0 amide bonds. The van der Waals surface area contributed by atoms with Crippen LogP contribution < -0.4 is 5.19 Å². The maximum atomic E-state index is 3.62. The zero-order valence-corrected chi connectivity index (χ0v) is 16.9. The Labute approximate surface area is 128 Å². The average molecular weight is 315 g/mol. The monoisotopic (exact) mass is 314 g/mol. The molecule has 0 fully saturated rings. The van der Waals surface area contributed by atoms with E-state index in [4.69, 9.17) is 0 Å². The molecule has 0 saturated carbocycles. The lowest BCUT2D eigenvalue weighted by Gasteiger charge is -2.17. The summed E-state index contributed by atoms with van der Waals surface area (Å²) < 4.78 is 0. The molecule has 3 heteroatoms. The van der Waals surface area contributed by atoms with E-state index >= 15 is 0 Å². The first-order valence-corrected chi connectivity index (χ1v) is 16.7. The summed E-state index contributed by atoms with van der Waals surface area (Å²) in [4.78, 5) is 0. The van der Waals surface area contributed by atoms with Gasteiger partial charge in [-0.05, 0) is 11.7 Å². The summed E-state index contributed by atoms with van der Waals surface area (Å²) in [5.74, 6) is 0.